The summed E-state index contributed by atoms with van der Waals surface area (Å²) >= 11 is 0. The van der Waals surface area contributed by atoms with Crippen molar-refractivity contribution in [3.05, 3.63) is 24.4 Å². The third kappa shape index (κ3) is 5.15. The normalized spacial score (nSPS) is 11.9. The summed E-state index contributed by atoms with van der Waals surface area (Å²) in [4.78, 5) is 0. The lowest BCUT2D eigenvalue weighted by Crippen LogP contribution is -2.16. The molecule has 0 aliphatic rings. The predicted molar refractivity (Wildman–Crippen MR) is 42.2 cm³/mol. The lowest BCUT2D eigenvalue weighted by molar-refractivity contribution is 0.765. The van der Waals surface area contributed by atoms with Gasteiger partial charge in [0.05, 0.1) is 0 Å². The van der Waals surface area contributed by atoms with Crippen LogP contribution in [0.5, 0.6) is 0 Å². The van der Waals surface area contributed by atoms with Crippen LogP contribution in [-0.4, -0.2) is 6.04 Å². The monoisotopic (exact) mass is 125 g/mol. The fourth-order valence-electron chi connectivity index (χ4n) is 0.734. The van der Waals surface area contributed by atoms with Crippen molar-refractivity contribution in [2.45, 2.75) is 26.8 Å². The highest BCUT2D eigenvalue weighted by atomic mass is 14.9. The minimum absolute atomic E-state index is 0.410. The second kappa shape index (κ2) is 4.19. The molecule has 1 nitrogen and oxygen atoms in total. The van der Waals surface area contributed by atoms with Crippen LogP contribution in [0.4, 0.5) is 0 Å². The fraction of sp³-hybridized carbons (Fsp3) is 0.500. The smallest absolute Gasteiger partial charge is 0.0412 e. The van der Waals surface area contributed by atoms with Gasteiger partial charge >= 0.3 is 0 Å². The molecule has 9 heavy (non-hydrogen) atoms. The second-order valence-electron chi connectivity index (χ2n) is 2.40. The largest absolute Gasteiger partial charge is 0.385 e. The Bertz CT molecular complexity index is 110. The first kappa shape index (κ1) is 8.28. The van der Waals surface area contributed by atoms with Gasteiger partial charge < -0.3 is 5.32 Å². The minimum Gasteiger partial charge on any atom is -0.385 e. The third-order valence-electron chi connectivity index (χ3n) is 0.964. The van der Waals surface area contributed by atoms with Crippen molar-refractivity contribution in [1.82, 2.24) is 5.32 Å². The van der Waals surface area contributed by atoms with Gasteiger partial charge in [-0.05, 0) is 27.0 Å². The van der Waals surface area contributed by atoms with E-state index in [1.54, 1.807) is 6.20 Å². The topological polar surface area (TPSA) is 12.0 Å². The summed E-state index contributed by atoms with van der Waals surface area (Å²) in [7, 11) is 0. The highest BCUT2D eigenvalue weighted by molar-refractivity contribution is 5.00. The van der Waals surface area contributed by atoms with Gasteiger partial charge in [-0.25, -0.2) is 0 Å². The lowest BCUT2D eigenvalue weighted by Gasteiger charge is -2.05. The molecule has 0 heterocycles. The second-order valence-corrected chi connectivity index (χ2v) is 2.40. The molecular weight excluding hydrogens is 110 g/mol. The molecule has 1 heteroatoms. The molecule has 0 aromatic heterocycles. The zero-order chi connectivity index (χ0) is 7.28. The maximum atomic E-state index is 3.57. The van der Waals surface area contributed by atoms with Crippen LogP contribution >= 0.6 is 0 Å². The van der Waals surface area contributed by atoms with Crippen molar-refractivity contribution in [1.29, 1.82) is 0 Å². The molecule has 1 unspecified atom stereocenters. The summed E-state index contributed by atoms with van der Waals surface area (Å²) in [6, 6.07) is 0.410. The Labute approximate surface area is 57.5 Å². The van der Waals surface area contributed by atoms with E-state index in [1.165, 1.54) is 5.57 Å². The number of allylic oxidation sites excluding steroid dienone is 1. The van der Waals surface area contributed by atoms with Crippen molar-refractivity contribution in [2.24, 2.45) is 0 Å². The molecular formula is C8H15N. The first-order valence-corrected chi connectivity index (χ1v) is 3.18. The molecule has 52 valence electrons. The Balaban J connectivity index is 3.61. The Morgan fingerprint density at radius 2 is 2.11 bits per heavy atom. The van der Waals surface area contributed by atoms with Crippen molar-refractivity contribution < 1.29 is 0 Å². The first-order chi connectivity index (χ1) is 4.16. The van der Waals surface area contributed by atoms with Gasteiger partial charge in [0.25, 0.3) is 0 Å². The van der Waals surface area contributed by atoms with Crippen LogP contribution in [0.25, 0.3) is 0 Å². The lowest BCUT2D eigenvalue weighted by atomic mass is 10.2. The van der Waals surface area contributed by atoms with Crippen molar-refractivity contribution in [3.8, 4) is 0 Å². The summed E-state index contributed by atoms with van der Waals surface area (Å²) in [5, 5.41) is 3.06. The third-order valence-corrected chi connectivity index (χ3v) is 0.964. The van der Waals surface area contributed by atoms with Crippen LogP contribution in [-0.2, 0) is 0 Å². The van der Waals surface area contributed by atoms with Gasteiger partial charge in [-0.3, -0.25) is 0 Å². The summed E-state index contributed by atoms with van der Waals surface area (Å²) < 4.78 is 0. The molecule has 0 radical (unpaired) electrons. The van der Waals surface area contributed by atoms with E-state index >= 15 is 0 Å². The summed E-state index contributed by atoms with van der Waals surface area (Å²) in [6.07, 6.45) is 3.87. The van der Waals surface area contributed by atoms with Gasteiger partial charge in [0.15, 0.2) is 0 Å². The molecule has 0 aliphatic carbocycles. The van der Waals surface area contributed by atoms with E-state index in [0.717, 1.165) is 0 Å². The molecule has 0 spiro atoms. The zero-order valence-corrected chi connectivity index (χ0v) is 6.44. The van der Waals surface area contributed by atoms with Crippen molar-refractivity contribution in [2.75, 3.05) is 0 Å². The summed E-state index contributed by atoms with van der Waals surface area (Å²) in [5.74, 6) is 0. The highest BCUT2D eigenvalue weighted by Gasteiger charge is 1.88. The fourth-order valence-corrected chi connectivity index (χ4v) is 0.734. The molecule has 0 aromatic rings. The summed E-state index contributed by atoms with van der Waals surface area (Å²) in [5.41, 5.74) is 1.33. The highest BCUT2D eigenvalue weighted by Crippen LogP contribution is 1.92. The average Bonchev–Trinajstić information content (AvgIpc) is 1.63. The Morgan fingerprint density at radius 1 is 1.56 bits per heavy atom. The maximum absolute atomic E-state index is 3.57. The Morgan fingerprint density at radius 3 is 2.44 bits per heavy atom. The standard InChI is InChI=1S/C8H15N/c1-5-9-8(4)6-7(2)3/h5-6,8-9H,1H2,2-4H3. The van der Waals surface area contributed by atoms with Crippen LogP contribution < -0.4 is 5.32 Å². The van der Waals surface area contributed by atoms with Crippen molar-refractivity contribution >= 4 is 0 Å². The maximum Gasteiger partial charge on any atom is 0.0412 e. The molecule has 1 N–H and O–H groups in total. The van der Waals surface area contributed by atoms with E-state index in [1.807, 2.05) is 0 Å². The molecule has 0 aromatic carbocycles. The van der Waals surface area contributed by atoms with Crippen LogP contribution in [0.15, 0.2) is 24.4 Å². The van der Waals surface area contributed by atoms with Gasteiger partial charge in [0.2, 0.25) is 0 Å². The quantitative estimate of drug-likeness (QED) is 0.569. The predicted octanol–water partition coefficient (Wildman–Crippen LogP) is 2.07. The SMILES string of the molecule is C=CNC(C)C=C(C)C. The van der Waals surface area contributed by atoms with Crippen LogP contribution in [0.3, 0.4) is 0 Å². The van der Waals surface area contributed by atoms with Gasteiger partial charge in [-0.2, -0.15) is 0 Å². The Hall–Kier alpha value is -0.720. The minimum atomic E-state index is 0.410. The van der Waals surface area contributed by atoms with E-state index in [-0.39, 0.29) is 0 Å². The average molecular weight is 125 g/mol. The molecule has 1 atom stereocenters. The van der Waals surface area contributed by atoms with Gasteiger partial charge in [-0.15, -0.1) is 0 Å². The Kier molecular flexibility index (Phi) is 3.85. The molecule has 0 rings (SSSR count). The number of hydrogen-bond donors (Lipinski definition) is 1. The van der Waals surface area contributed by atoms with Gasteiger partial charge in [0.1, 0.15) is 0 Å². The zero-order valence-electron chi connectivity index (χ0n) is 6.44. The van der Waals surface area contributed by atoms with E-state index in [9.17, 15) is 0 Å². The van der Waals surface area contributed by atoms with E-state index in [2.05, 4.69) is 38.7 Å². The van der Waals surface area contributed by atoms with Gasteiger partial charge in [-0.1, -0.05) is 18.2 Å². The summed E-state index contributed by atoms with van der Waals surface area (Å²) in [6.45, 7) is 9.83. The van der Waals surface area contributed by atoms with Crippen LogP contribution in [0.2, 0.25) is 0 Å². The first-order valence-electron chi connectivity index (χ1n) is 3.18. The van der Waals surface area contributed by atoms with Crippen molar-refractivity contribution in [3.63, 3.8) is 0 Å². The van der Waals surface area contributed by atoms with Gasteiger partial charge in [0, 0.05) is 6.04 Å². The van der Waals surface area contributed by atoms with Crippen LogP contribution in [0.1, 0.15) is 20.8 Å². The molecule has 0 aliphatic heterocycles. The van der Waals surface area contributed by atoms with E-state index in [0.29, 0.717) is 6.04 Å². The molecule has 0 saturated carbocycles. The van der Waals surface area contributed by atoms with E-state index in [4.69, 9.17) is 0 Å². The number of rotatable bonds is 3. The van der Waals surface area contributed by atoms with Crippen LogP contribution in [0, 0.1) is 0 Å². The molecule has 0 amide bonds. The molecule has 0 fully saturated rings. The number of nitrogens with one attached hydrogen (secondary N) is 1. The molecule has 0 bridgehead atoms. The molecule has 0 saturated heterocycles. The number of hydrogen-bond acceptors (Lipinski definition) is 1. The van der Waals surface area contributed by atoms with E-state index < -0.39 is 0 Å².